The summed E-state index contributed by atoms with van der Waals surface area (Å²) in [5.74, 6) is 0.445. The highest BCUT2D eigenvalue weighted by Crippen LogP contribution is 2.22. The molecule has 78 valence electrons. The number of allylic oxidation sites excluding steroid dienone is 2. The lowest BCUT2D eigenvalue weighted by Crippen LogP contribution is -2.20. The third-order valence-electron chi connectivity index (χ3n) is 2.09. The minimum atomic E-state index is -0.314. The van der Waals surface area contributed by atoms with Crippen molar-refractivity contribution in [2.24, 2.45) is 5.92 Å². The van der Waals surface area contributed by atoms with E-state index < -0.39 is 0 Å². The summed E-state index contributed by atoms with van der Waals surface area (Å²) in [7, 11) is 1.54. The molecule has 0 amide bonds. The normalized spacial score (nSPS) is 21.4. The summed E-state index contributed by atoms with van der Waals surface area (Å²) in [6.45, 7) is 1.65. The smallest absolute Gasteiger partial charge is 0.302 e. The second kappa shape index (κ2) is 4.79. The molecule has 0 heterocycles. The van der Waals surface area contributed by atoms with Crippen LogP contribution in [0.15, 0.2) is 11.8 Å². The van der Waals surface area contributed by atoms with Crippen LogP contribution in [0.1, 0.15) is 19.8 Å². The first-order chi connectivity index (χ1) is 6.61. The molecule has 4 heteroatoms. The maximum absolute atomic E-state index is 11.2. The van der Waals surface area contributed by atoms with Crippen LogP contribution in [-0.4, -0.2) is 25.5 Å². The summed E-state index contributed by atoms with van der Waals surface area (Å²) in [6, 6.07) is 0. The molecule has 0 saturated heterocycles. The molecule has 14 heavy (non-hydrogen) atoms. The lowest BCUT2D eigenvalue weighted by atomic mass is 9.93. The van der Waals surface area contributed by atoms with Gasteiger partial charge in [-0.2, -0.15) is 0 Å². The number of ether oxygens (including phenoxy) is 2. The van der Waals surface area contributed by atoms with Crippen molar-refractivity contribution in [2.45, 2.75) is 19.8 Å². The molecule has 0 aliphatic heterocycles. The summed E-state index contributed by atoms with van der Waals surface area (Å²) in [5, 5.41) is 0. The Bertz CT molecular complexity index is 267. The zero-order chi connectivity index (χ0) is 10.6. The molecule has 0 fully saturated rings. The van der Waals surface area contributed by atoms with Gasteiger partial charge < -0.3 is 9.47 Å². The van der Waals surface area contributed by atoms with Gasteiger partial charge in [-0.3, -0.25) is 9.59 Å². The number of methoxy groups -OCH3 is 1. The largest absolute Gasteiger partial charge is 0.501 e. The predicted octanol–water partition coefficient (Wildman–Crippen LogP) is 1.06. The van der Waals surface area contributed by atoms with Crippen LogP contribution in [0.4, 0.5) is 0 Å². The van der Waals surface area contributed by atoms with Gasteiger partial charge in [0.2, 0.25) is 0 Å². The van der Waals surface area contributed by atoms with Gasteiger partial charge in [-0.05, 0) is 0 Å². The van der Waals surface area contributed by atoms with E-state index in [0.717, 1.165) is 0 Å². The van der Waals surface area contributed by atoms with Crippen LogP contribution in [0.3, 0.4) is 0 Å². The van der Waals surface area contributed by atoms with E-state index >= 15 is 0 Å². The Morgan fingerprint density at radius 2 is 2.29 bits per heavy atom. The molecule has 0 unspecified atom stereocenters. The van der Waals surface area contributed by atoms with Crippen molar-refractivity contribution in [3.05, 3.63) is 11.8 Å². The molecule has 4 nitrogen and oxygen atoms in total. The molecule has 1 aliphatic carbocycles. The first-order valence-corrected chi connectivity index (χ1v) is 4.52. The summed E-state index contributed by atoms with van der Waals surface area (Å²) < 4.78 is 9.85. The minimum Gasteiger partial charge on any atom is -0.501 e. The van der Waals surface area contributed by atoms with Gasteiger partial charge in [-0.1, -0.05) is 0 Å². The summed E-state index contributed by atoms with van der Waals surface area (Å²) in [4.78, 5) is 21.8. The molecule has 0 bridgehead atoms. The zero-order valence-electron chi connectivity index (χ0n) is 8.41. The molecule has 0 spiro atoms. The quantitative estimate of drug-likeness (QED) is 0.636. The Balaban J connectivity index is 2.46. The first-order valence-electron chi connectivity index (χ1n) is 4.52. The van der Waals surface area contributed by atoms with Crippen LogP contribution in [0.25, 0.3) is 0 Å². The van der Waals surface area contributed by atoms with Gasteiger partial charge in [0.25, 0.3) is 0 Å². The summed E-state index contributed by atoms with van der Waals surface area (Å²) in [6.07, 6.45) is 2.60. The van der Waals surface area contributed by atoms with E-state index in [2.05, 4.69) is 0 Å². The lowest BCUT2D eigenvalue weighted by Gasteiger charge is -2.20. The average molecular weight is 198 g/mol. The lowest BCUT2D eigenvalue weighted by molar-refractivity contribution is -0.143. The van der Waals surface area contributed by atoms with Crippen LogP contribution < -0.4 is 0 Å². The van der Waals surface area contributed by atoms with Gasteiger partial charge in [0.15, 0.2) is 5.78 Å². The highest BCUT2D eigenvalue weighted by molar-refractivity contribution is 5.91. The van der Waals surface area contributed by atoms with E-state index in [-0.39, 0.29) is 17.7 Å². The van der Waals surface area contributed by atoms with Crippen molar-refractivity contribution in [2.75, 3.05) is 13.7 Å². The molecule has 0 aromatic heterocycles. The third-order valence-corrected chi connectivity index (χ3v) is 2.09. The van der Waals surface area contributed by atoms with Crippen molar-refractivity contribution >= 4 is 11.8 Å². The Labute approximate surface area is 82.9 Å². The monoisotopic (exact) mass is 198 g/mol. The van der Waals surface area contributed by atoms with E-state index in [9.17, 15) is 9.59 Å². The number of carbonyl (C=O) groups is 2. The van der Waals surface area contributed by atoms with Gasteiger partial charge in [-0.25, -0.2) is 0 Å². The Morgan fingerprint density at radius 1 is 1.57 bits per heavy atom. The highest BCUT2D eigenvalue weighted by atomic mass is 16.5. The average Bonchev–Trinajstić information content (AvgIpc) is 2.14. The second-order valence-corrected chi connectivity index (χ2v) is 3.36. The number of carbonyl (C=O) groups excluding carboxylic acids is 2. The van der Waals surface area contributed by atoms with Crippen LogP contribution in [0.5, 0.6) is 0 Å². The van der Waals surface area contributed by atoms with Gasteiger partial charge in [-0.15, -0.1) is 0 Å². The van der Waals surface area contributed by atoms with Crippen molar-refractivity contribution in [3.63, 3.8) is 0 Å². The molecule has 0 aromatic rings. The fraction of sp³-hybridized carbons (Fsp3) is 0.600. The van der Waals surface area contributed by atoms with Crippen molar-refractivity contribution in [1.82, 2.24) is 0 Å². The fourth-order valence-electron chi connectivity index (χ4n) is 1.43. The second-order valence-electron chi connectivity index (χ2n) is 3.36. The summed E-state index contributed by atoms with van der Waals surface area (Å²) in [5.41, 5.74) is 0. The number of rotatable bonds is 3. The van der Waals surface area contributed by atoms with Crippen molar-refractivity contribution < 1.29 is 19.1 Å². The molecule has 1 atom stereocenters. The van der Waals surface area contributed by atoms with E-state index in [1.807, 2.05) is 0 Å². The number of hydrogen-bond acceptors (Lipinski definition) is 4. The standard InChI is InChI=1S/C10H14O4/c1-7(11)14-6-8-3-9(12)5-10(4-8)13-2/h5,8H,3-4,6H2,1-2H3/t8-/m1/s1. The molecule has 0 aromatic carbocycles. The highest BCUT2D eigenvalue weighted by Gasteiger charge is 2.22. The maximum Gasteiger partial charge on any atom is 0.302 e. The molecule has 1 rings (SSSR count). The SMILES string of the molecule is COC1=CC(=O)C[C@@H](COC(C)=O)C1. The predicted molar refractivity (Wildman–Crippen MR) is 49.5 cm³/mol. The summed E-state index contributed by atoms with van der Waals surface area (Å²) >= 11 is 0. The fourth-order valence-corrected chi connectivity index (χ4v) is 1.43. The van der Waals surface area contributed by atoms with Gasteiger partial charge in [0, 0.05) is 31.8 Å². The van der Waals surface area contributed by atoms with Gasteiger partial charge >= 0.3 is 5.97 Å². The van der Waals surface area contributed by atoms with Gasteiger partial charge in [0.1, 0.15) is 0 Å². The Morgan fingerprint density at radius 3 is 2.86 bits per heavy atom. The van der Waals surface area contributed by atoms with Crippen LogP contribution >= 0.6 is 0 Å². The van der Waals surface area contributed by atoms with E-state index in [4.69, 9.17) is 9.47 Å². The maximum atomic E-state index is 11.2. The topological polar surface area (TPSA) is 52.6 Å². The van der Waals surface area contributed by atoms with Crippen molar-refractivity contribution in [1.29, 1.82) is 0 Å². The number of hydrogen-bond donors (Lipinski definition) is 0. The molecule has 0 N–H and O–H groups in total. The molecular weight excluding hydrogens is 184 g/mol. The minimum absolute atomic E-state index is 0.0326. The third kappa shape index (κ3) is 3.20. The van der Waals surface area contributed by atoms with Crippen LogP contribution in [-0.2, 0) is 19.1 Å². The van der Waals surface area contributed by atoms with Gasteiger partial charge in [0.05, 0.1) is 19.5 Å². The first kappa shape index (κ1) is 10.8. The molecule has 0 radical (unpaired) electrons. The van der Waals surface area contributed by atoms with E-state index in [0.29, 0.717) is 25.2 Å². The Hall–Kier alpha value is -1.32. The number of esters is 1. The van der Waals surface area contributed by atoms with E-state index in [1.54, 1.807) is 0 Å². The van der Waals surface area contributed by atoms with E-state index in [1.165, 1.54) is 20.1 Å². The number of ketones is 1. The van der Waals surface area contributed by atoms with Crippen LogP contribution in [0.2, 0.25) is 0 Å². The van der Waals surface area contributed by atoms with Crippen molar-refractivity contribution in [3.8, 4) is 0 Å². The molecular formula is C10H14O4. The van der Waals surface area contributed by atoms with Crippen LogP contribution in [0, 0.1) is 5.92 Å². The zero-order valence-corrected chi connectivity index (χ0v) is 8.41. The Kier molecular flexibility index (Phi) is 3.68. The molecule has 0 saturated carbocycles. The molecule has 1 aliphatic rings.